The maximum atomic E-state index is 13.2. The Morgan fingerprint density at radius 3 is 2.40 bits per heavy atom. The number of amides is 1. The molecule has 1 saturated heterocycles. The number of ether oxygens (including phenoxy) is 2. The Labute approximate surface area is 207 Å². The number of likely N-dealkylation sites (tertiary alicyclic amines) is 1. The first-order valence-electron chi connectivity index (χ1n) is 12.1. The molecule has 3 aromatic carbocycles. The average Bonchev–Trinajstić information content (AvgIpc) is 2.90. The second-order valence-corrected chi connectivity index (χ2v) is 9.05. The van der Waals surface area contributed by atoms with Gasteiger partial charge in [0.1, 0.15) is 11.6 Å². The minimum absolute atomic E-state index is 0.198. The number of hydrogen-bond donors (Lipinski definition) is 0. The molecule has 0 saturated carbocycles. The Hall–Kier alpha value is -3.38. The lowest BCUT2D eigenvalue weighted by molar-refractivity contribution is 0.117. The molecule has 6 heteroatoms. The second-order valence-electron chi connectivity index (χ2n) is 9.05. The third-order valence-corrected chi connectivity index (χ3v) is 6.70. The highest BCUT2D eigenvalue weighted by molar-refractivity contribution is 5.67. The minimum Gasteiger partial charge on any atom is -0.497 e. The van der Waals surface area contributed by atoms with Crippen LogP contribution >= 0.6 is 0 Å². The topological polar surface area (TPSA) is 42.0 Å². The summed E-state index contributed by atoms with van der Waals surface area (Å²) < 4.78 is 23.6. The van der Waals surface area contributed by atoms with Gasteiger partial charge in [-0.25, -0.2) is 9.18 Å². The Bertz CT molecular complexity index is 1110. The number of nitrogens with zero attached hydrogens (tertiary/aromatic N) is 2. The number of methoxy groups -OCH3 is 2. The van der Waals surface area contributed by atoms with Crippen molar-refractivity contribution in [1.82, 2.24) is 9.80 Å². The first kappa shape index (κ1) is 24.7. The van der Waals surface area contributed by atoms with E-state index in [-0.39, 0.29) is 11.9 Å². The Balaban J connectivity index is 1.43. The fourth-order valence-electron chi connectivity index (χ4n) is 4.84. The number of piperidine rings is 1. The third-order valence-electron chi connectivity index (χ3n) is 6.70. The molecular weight excluding hydrogens is 443 g/mol. The number of carbonyl (C=O) groups is 1. The van der Waals surface area contributed by atoms with Gasteiger partial charge in [0.25, 0.3) is 0 Å². The van der Waals surface area contributed by atoms with Gasteiger partial charge in [-0.15, -0.1) is 0 Å². The standard InChI is InChI=1S/C29H33FN2O3/c1-34-27-8-5-6-23(18-27)20-32(29(33)35-2)21-25-7-3-4-9-28(25)24-14-16-31(17-15-24)19-22-10-12-26(30)13-11-22/h3-13,18,24H,14-17,19-21H2,1-2H3. The van der Waals surface area contributed by atoms with Gasteiger partial charge in [0.15, 0.2) is 0 Å². The van der Waals surface area contributed by atoms with Crippen molar-refractivity contribution in [3.05, 3.63) is 101 Å². The first-order valence-corrected chi connectivity index (χ1v) is 12.1. The molecule has 0 atom stereocenters. The minimum atomic E-state index is -0.350. The van der Waals surface area contributed by atoms with Gasteiger partial charge in [0.2, 0.25) is 0 Å². The predicted octanol–water partition coefficient (Wildman–Crippen LogP) is 5.98. The maximum Gasteiger partial charge on any atom is 0.410 e. The fourth-order valence-corrected chi connectivity index (χ4v) is 4.84. The number of halogens is 1. The molecule has 1 fully saturated rings. The molecule has 3 aromatic rings. The largest absolute Gasteiger partial charge is 0.497 e. The Morgan fingerprint density at radius 2 is 1.69 bits per heavy atom. The van der Waals surface area contributed by atoms with E-state index in [1.165, 1.54) is 24.8 Å². The summed E-state index contributed by atoms with van der Waals surface area (Å²) in [6.45, 7) is 3.73. The van der Waals surface area contributed by atoms with Crippen LogP contribution in [0.15, 0.2) is 72.8 Å². The maximum absolute atomic E-state index is 13.2. The Morgan fingerprint density at radius 1 is 0.943 bits per heavy atom. The van der Waals surface area contributed by atoms with Crippen LogP contribution in [0, 0.1) is 5.82 Å². The number of carbonyl (C=O) groups excluding carboxylic acids is 1. The average molecular weight is 477 g/mol. The van der Waals surface area contributed by atoms with Crippen molar-refractivity contribution in [2.24, 2.45) is 0 Å². The quantitative estimate of drug-likeness (QED) is 0.401. The lowest BCUT2D eigenvalue weighted by atomic mass is 9.86. The van der Waals surface area contributed by atoms with E-state index in [1.807, 2.05) is 42.5 Å². The van der Waals surface area contributed by atoms with Gasteiger partial charge in [-0.3, -0.25) is 9.80 Å². The van der Waals surface area contributed by atoms with E-state index in [4.69, 9.17) is 9.47 Å². The van der Waals surface area contributed by atoms with Crippen LogP contribution in [0.4, 0.5) is 9.18 Å². The normalized spacial score (nSPS) is 14.5. The monoisotopic (exact) mass is 476 g/mol. The van der Waals surface area contributed by atoms with E-state index in [0.717, 1.165) is 54.9 Å². The predicted molar refractivity (Wildman–Crippen MR) is 135 cm³/mol. The summed E-state index contributed by atoms with van der Waals surface area (Å²) in [7, 11) is 3.06. The van der Waals surface area contributed by atoms with E-state index in [0.29, 0.717) is 19.0 Å². The van der Waals surface area contributed by atoms with E-state index in [9.17, 15) is 9.18 Å². The van der Waals surface area contributed by atoms with Crippen molar-refractivity contribution in [3.8, 4) is 5.75 Å². The molecule has 1 aliphatic heterocycles. The van der Waals surface area contributed by atoms with E-state index in [2.05, 4.69) is 23.1 Å². The van der Waals surface area contributed by atoms with Gasteiger partial charge in [-0.05, 0) is 78.4 Å². The SMILES string of the molecule is COC(=O)N(Cc1cccc(OC)c1)Cc1ccccc1C1CCN(Cc2ccc(F)cc2)CC1. The second kappa shape index (κ2) is 11.8. The van der Waals surface area contributed by atoms with Crippen molar-refractivity contribution in [1.29, 1.82) is 0 Å². The highest BCUT2D eigenvalue weighted by Gasteiger charge is 2.24. The van der Waals surface area contributed by atoms with Crippen molar-refractivity contribution in [3.63, 3.8) is 0 Å². The number of hydrogen-bond acceptors (Lipinski definition) is 4. The van der Waals surface area contributed by atoms with E-state index >= 15 is 0 Å². The number of benzene rings is 3. The molecule has 0 N–H and O–H groups in total. The van der Waals surface area contributed by atoms with Crippen molar-refractivity contribution in [2.45, 2.75) is 38.4 Å². The van der Waals surface area contributed by atoms with Crippen LogP contribution in [0.2, 0.25) is 0 Å². The van der Waals surface area contributed by atoms with Crippen LogP contribution in [-0.4, -0.2) is 43.2 Å². The summed E-state index contributed by atoms with van der Waals surface area (Å²) in [6, 6.07) is 22.9. The van der Waals surface area contributed by atoms with Gasteiger partial charge >= 0.3 is 6.09 Å². The summed E-state index contributed by atoms with van der Waals surface area (Å²) in [5, 5.41) is 0. The molecule has 0 unspecified atom stereocenters. The molecule has 0 aliphatic carbocycles. The van der Waals surface area contributed by atoms with Crippen LogP contribution in [0.3, 0.4) is 0 Å². The molecule has 0 spiro atoms. The van der Waals surface area contributed by atoms with Crippen LogP contribution in [-0.2, 0) is 24.4 Å². The smallest absolute Gasteiger partial charge is 0.410 e. The Kier molecular flexibility index (Phi) is 8.37. The van der Waals surface area contributed by atoms with Gasteiger partial charge in [0, 0.05) is 19.6 Å². The molecule has 1 heterocycles. The van der Waals surface area contributed by atoms with Crippen LogP contribution in [0.5, 0.6) is 5.75 Å². The lowest BCUT2D eigenvalue weighted by Crippen LogP contribution is -2.33. The zero-order valence-electron chi connectivity index (χ0n) is 20.5. The van der Waals surface area contributed by atoms with Gasteiger partial charge in [-0.2, -0.15) is 0 Å². The van der Waals surface area contributed by atoms with Crippen LogP contribution in [0.25, 0.3) is 0 Å². The highest BCUT2D eigenvalue weighted by atomic mass is 19.1. The molecular formula is C29H33FN2O3. The summed E-state index contributed by atoms with van der Waals surface area (Å²) in [5.74, 6) is 1.00. The molecule has 184 valence electrons. The zero-order chi connectivity index (χ0) is 24.6. The van der Waals surface area contributed by atoms with Crippen molar-refractivity contribution >= 4 is 6.09 Å². The fraction of sp³-hybridized carbons (Fsp3) is 0.345. The summed E-state index contributed by atoms with van der Waals surface area (Å²) in [4.78, 5) is 16.8. The van der Waals surface area contributed by atoms with Crippen molar-refractivity contribution in [2.75, 3.05) is 27.3 Å². The van der Waals surface area contributed by atoms with Gasteiger partial charge in [0.05, 0.1) is 14.2 Å². The van der Waals surface area contributed by atoms with E-state index in [1.54, 1.807) is 12.0 Å². The van der Waals surface area contributed by atoms with Gasteiger partial charge < -0.3 is 9.47 Å². The molecule has 1 amide bonds. The van der Waals surface area contributed by atoms with E-state index < -0.39 is 0 Å². The molecule has 0 bridgehead atoms. The molecule has 4 rings (SSSR count). The van der Waals surface area contributed by atoms with Gasteiger partial charge in [-0.1, -0.05) is 48.5 Å². The molecule has 5 nitrogen and oxygen atoms in total. The molecule has 0 aromatic heterocycles. The summed E-state index contributed by atoms with van der Waals surface area (Å²) in [6.07, 6.45) is 1.75. The zero-order valence-corrected chi connectivity index (χ0v) is 20.5. The molecule has 1 aliphatic rings. The van der Waals surface area contributed by atoms with Crippen molar-refractivity contribution < 1.29 is 18.7 Å². The highest BCUT2D eigenvalue weighted by Crippen LogP contribution is 2.32. The molecule has 0 radical (unpaired) electrons. The van der Waals surface area contributed by atoms with Crippen LogP contribution in [0.1, 0.15) is 41.0 Å². The molecule has 35 heavy (non-hydrogen) atoms. The summed E-state index contributed by atoms with van der Waals surface area (Å²) in [5.41, 5.74) is 4.57. The third kappa shape index (κ3) is 6.61. The number of rotatable bonds is 8. The van der Waals surface area contributed by atoms with Crippen LogP contribution < -0.4 is 4.74 Å². The first-order chi connectivity index (χ1) is 17.1. The summed E-state index contributed by atoms with van der Waals surface area (Å²) >= 11 is 0. The lowest BCUT2D eigenvalue weighted by Gasteiger charge is -2.33.